The Hall–Kier alpha value is -7.71. The molecule has 57 heavy (non-hydrogen) atoms. The maximum absolute atomic E-state index is 12.7. The van der Waals surface area contributed by atoms with Crippen LogP contribution in [0.1, 0.15) is 61.6 Å². The van der Waals surface area contributed by atoms with E-state index in [1.807, 2.05) is 48.5 Å². The van der Waals surface area contributed by atoms with Gasteiger partial charge in [-0.05, 0) is 108 Å². The number of carboxylic acids is 2. The fourth-order valence-electron chi connectivity index (χ4n) is 5.69. The molecule has 6 rings (SSSR count). The largest absolute Gasteiger partial charge is 0.508 e. The molecule has 0 aliphatic carbocycles. The third kappa shape index (κ3) is 9.51. The molecule has 288 valence electrons. The standard InChI is InChI=1S/C43H33NO13/c1-43(2,28-5-11-32(12-6-28)55-34-17-19-36(20-18-34)57-53-25-26-23-30(45)8-22-37(26)40(46)47)27-3-9-31(10-4-27)54-33-13-15-35(16-14-33)56-42(50)39-24-29(44(51)52)7-21-38(39)41(48)49/h3-24,45H,25H2,1-2H3,(H,46,47)(H,48,49). The number of rotatable bonds is 15. The van der Waals surface area contributed by atoms with Crippen molar-refractivity contribution in [1.29, 1.82) is 0 Å². The summed E-state index contributed by atoms with van der Waals surface area (Å²) in [6, 6.07) is 34.7. The van der Waals surface area contributed by atoms with Gasteiger partial charge in [0.2, 0.25) is 0 Å². The van der Waals surface area contributed by atoms with Crippen LogP contribution in [0.5, 0.6) is 40.2 Å². The summed E-state index contributed by atoms with van der Waals surface area (Å²) in [5.41, 5.74) is 0.611. The first-order valence-electron chi connectivity index (χ1n) is 17.1. The molecule has 0 bridgehead atoms. The van der Waals surface area contributed by atoms with Crippen LogP contribution in [0.4, 0.5) is 5.69 Å². The Labute approximate surface area is 324 Å². The number of non-ortho nitro benzene ring substituents is 1. The minimum atomic E-state index is -1.43. The van der Waals surface area contributed by atoms with Crippen molar-refractivity contribution in [3.8, 4) is 40.2 Å². The van der Waals surface area contributed by atoms with E-state index >= 15 is 0 Å². The van der Waals surface area contributed by atoms with E-state index in [2.05, 4.69) is 13.8 Å². The average Bonchev–Trinajstić information content (AvgIpc) is 3.19. The monoisotopic (exact) mass is 771 g/mol. The molecular formula is C43H33NO13. The van der Waals surface area contributed by atoms with E-state index in [0.29, 0.717) is 28.7 Å². The van der Waals surface area contributed by atoms with Crippen LogP contribution in [-0.2, 0) is 16.9 Å². The number of carbonyl (C=O) groups is 3. The molecule has 0 saturated carbocycles. The van der Waals surface area contributed by atoms with Crippen LogP contribution >= 0.6 is 0 Å². The van der Waals surface area contributed by atoms with E-state index in [4.69, 9.17) is 24.0 Å². The Balaban J connectivity index is 1.01. The average molecular weight is 772 g/mol. The first-order valence-corrected chi connectivity index (χ1v) is 17.1. The van der Waals surface area contributed by atoms with Crippen LogP contribution in [0.25, 0.3) is 0 Å². The maximum atomic E-state index is 12.7. The van der Waals surface area contributed by atoms with Gasteiger partial charge in [0, 0.05) is 23.1 Å². The summed E-state index contributed by atoms with van der Waals surface area (Å²) < 4.78 is 17.3. The van der Waals surface area contributed by atoms with Crippen molar-refractivity contribution in [3.05, 3.63) is 177 Å². The summed E-state index contributed by atoms with van der Waals surface area (Å²) in [6.07, 6.45) is 0. The normalized spacial score (nSPS) is 11.0. The number of nitrogens with zero attached hydrogens (tertiary/aromatic N) is 1. The number of nitro groups is 1. The predicted molar refractivity (Wildman–Crippen MR) is 204 cm³/mol. The zero-order valence-corrected chi connectivity index (χ0v) is 30.3. The van der Waals surface area contributed by atoms with Crippen molar-refractivity contribution in [1.82, 2.24) is 0 Å². The molecule has 0 aliphatic rings. The van der Waals surface area contributed by atoms with Crippen LogP contribution in [0.15, 0.2) is 133 Å². The van der Waals surface area contributed by atoms with Crippen LogP contribution in [0, 0.1) is 10.1 Å². The number of carboxylic acid groups (broad SMARTS) is 2. The third-order valence-corrected chi connectivity index (χ3v) is 8.83. The zero-order valence-electron chi connectivity index (χ0n) is 30.3. The predicted octanol–water partition coefficient (Wildman–Crippen LogP) is 9.34. The number of benzene rings is 6. The van der Waals surface area contributed by atoms with Crippen molar-refractivity contribution in [2.75, 3.05) is 0 Å². The second kappa shape index (κ2) is 16.8. The number of phenolic OH excluding ortho intramolecular Hbond substituents is 1. The maximum Gasteiger partial charge on any atom is 0.344 e. The second-order valence-electron chi connectivity index (χ2n) is 13.0. The highest BCUT2D eigenvalue weighted by Crippen LogP contribution is 2.35. The number of hydrogen-bond acceptors (Lipinski definition) is 11. The highest BCUT2D eigenvalue weighted by atomic mass is 17.2. The SMILES string of the molecule is CC(C)(c1ccc(Oc2ccc(OOCc3cc(O)ccc3C(=O)O)cc2)cc1)c1ccc(Oc2ccc(OC(=O)c3cc([N+](=O)[O-])ccc3C(=O)O)cc2)cc1. The Bertz CT molecular complexity index is 2430. The fraction of sp³-hybridized carbons (Fsp3) is 0.0930. The van der Waals surface area contributed by atoms with E-state index < -0.39 is 39.6 Å². The molecule has 0 heterocycles. The minimum absolute atomic E-state index is 0.00447. The molecule has 0 aromatic heterocycles. The molecular weight excluding hydrogens is 738 g/mol. The number of carbonyl (C=O) groups excluding carboxylic acids is 1. The lowest BCUT2D eigenvalue weighted by Gasteiger charge is -2.26. The Kier molecular flexibility index (Phi) is 11.5. The molecule has 0 radical (unpaired) electrons. The van der Waals surface area contributed by atoms with E-state index in [1.54, 1.807) is 36.4 Å². The number of nitro benzene ring substituents is 1. The molecule has 0 aliphatic heterocycles. The van der Waals surface area contributed by atoms with Gasteiger partial charge in [0.15, 0.2) is 5.75 Å². The highest BCUT2D eigenvalue weighted by Gasteiger charge is 2.24. The topological polar surface area (TPSA) is 201 Å². The molecule has 6 aromatic rings. The van der Waals surface area contributed by atoms with Gasteiger partial charge in [0.05, 0.1) is 21.6 Å². The summed E-state index contributed by atoms with van der Waals surface area (Å²) in [5.74, 6) is -1.11. The first-order chi connectivity index (χ1) is 27.3. The van der Waals surface area contributed by atoms with E-state index in [1.165, 1.54) is 30.3 Å². The number of aromatic hydroxyl groups is 1. The van der Waals surface area contributed by atoms with Crippen molar-refractivity contribution in [2.24, 2.45) is 0 Å². The van der Waals surface area contributed by atoms with Gasteiger partial charge in [-0.15, -0.1) is 0 Å². The quantitative estimate of drug-likeness (QED) is 0.0293. The van der Waals surface area contributed by atoms with Crippen LogP contribution < -0.4 is 19.1 Å². The molecule has 0 fully saturated rings. The molecule has 0 atom stereocenters. The number of esters is 1. The van der Waals surface area contributed by atoms with Gasteiger partial charge in [0.25, 0.3) is 5.69 Å². The van der Waals surface area contributed by atoms with Crippen molar-refractivity contribution < 1.29 is 58.6 Å². The summed E-state index contributed by atoms with van der Waals surface area (Å²) in [4.78, 5) is 56.6. The molecule has 0 unspecified atom stereocenters. The van der Waals surface area contributed by atoms with E-state index in [9.17, 15) is 39.8 Å². The number of phenols is 1. The minimum Gasteiger partial charge on any atom is -0.508 e. The van der Waals surface area contributed by atoms with Gasteiger partial charge in [0.1, 0.15) is 41.1 Å². The summed E-state index contributed by atoms with van der Waals surface area (Å²) in [5, 5.41) is 39.6. The van der Waals surface area contributed by atoms with Gasteiger partial charge >= 0.3 is 17.9 Å². The molecule has 0 saturated heterocycles. The smallest absolute Gasteiger partial charge is 0.344 e. The van der Waals surface area contributed by atoms with Gasteiger partial charge in [-0.2, -0.15) is 4.89 Å². The molecule has 6 aromatic carbocycles. The van der Waals surface area contributed by atoms with E-state index in [0.717, 1.165) is 29.3 Å². The molecule has 0 spiro atoms. The second-order valence-corrected chi connectivity index (χ2v) is 13.0. The van der Waals surface area contributed by atoms with Gasteiger partial charge in [-0.3, -0.25) is 10.1 Å². The van der Waals surface area contributed by atoms with Gasteiger partial charge < -0.3 is 34.4 Å². The molecule has 0 amide bonds. The molecule has 14 heteroatoms. The Morgan fingerprint density at radius 3 is 1.54 bits per heavy atom. The first kappa shape index (κ1) is 39.0. The molecule has 3 N–H and O–H groups in total. The fourth-order valence-corrected chi connectivity index (χ4v) is 5.69. The lowest BCUT2D eigenvalue weighted by atomic mass is 9.78. The zero-order chi connectivity index (χ0) is 40.7. The van der Waals surface area contributed by atoms with Crippen LogP contribution in [0.3, 0.4) is 0 Å². The summed E-state index contributed by atoms with van der Waals surface area (Å²) >= 11 is 0. The van der Waals surface area contributed by atoms with Crippen molar-refractivity contribution in [3.63, 3.8) is 0 Å². The molecule has 14 nitrogen and oxygen atoms in total. The highest BCUT2D eigenvalue weighted by molar-refractivity contribution is 6.03. The summed E-state index contributed by atoms with van der Waals surface area (Å²) in [7, 11) is 0. The van der Waals surface area contributed by atoms with Gasteiger partial charge in [-0.1, -0.05) is 38.1 Å². The summed E-state index contributed by atoms with van der Waals surface area (Å²) in [6.45, 7) is 3.99. The third-order valence-electron chi connectivity index (χ3n) is 8.83. The lowest BCUT2D eigenvalue weighted by molar-refractivity contribution is -0.384. The van der Waals surface area contributed by atoms with Gasteiger partial charge in [-0.25, -0.2) is 14.4 Å². The van der Waals surface area contributed by atoms with E-state index in [-0.39, 0.29) is 34.6 Å². The van der Waals surface area contributed by atoms with Crippen LogP contribution in [0.2, 0.25) is 0 Å². The lowest BCUT2D eigenvalue weighted by Crippen LogP contribution is -2.18. The number of hydrogen-bond donors (Lipinski definition) is 3. The number of ether oxygens (including phenoxy) is 3. The Morgan fingerprint density at radius 2 is 1.05 bits per heavy atom. The van der Waals surface area contributed by atoms with Crippen molar-refractivity contribution in [2.45, 2.75) is 25.9 Å². The Morgan fingerprint density at radius 1 is 0.596 bits per heavy atom. The number of aromatic carboxylic acids is 2. The van der Waals surface area contributed by atoms with Crippen LogP contribution in [-0.4, -0.2) is 38.2 Å². The van der Waals surface area contributed by atoms with Crippen molar-refractivity contribution >= 4 is 23.6 Å².